The van der Waals surface area contributed by atoms with Gasteiger partial charge in [-0.15, -0.1) is 0 Å². The van der Waals surface area contributed by atoms with Crippen molar-refractivity contribution in [1.29, 1.82) is 0 Å². The third-order valence-electron chi connectivity index (χ3n) is 5.79. The van der Waals surface area contributed by atoms with Gasteiger partial charge in [-0.25, -0.2) is 0 Å². The number of para-hydroxylation sites is 1. The standard InChI is InChI=1S/C23H26N2O/c1-3-15(2)24-23(26)20-14-8-13-19-17-11-7-12-18(17)21(25-22(19)20)16-9-5-4-6-10-16/h4-11,13-15,17-18,21,25H,3,12H2,1-2H3,(H,24,26). The van der Waals surface area contributed by atoms with Gasteiger partial charge >= 0.3 is 0 Å². The van der Waals surface area contributed by atoms with Gasteiger partial charge in [0, 0.05) is 12.0 Å². The largest absolute Gasteiger partial charge is 0.377 e. The quantitative estimate of drug-likeness (QED) is 0.761. The summed E-state index contributed by atoms with van der Waals surface area (Å²) in [7, 11) is 0. The van der Waals surface area contributed by atoms with E-state index in [1.54, 1.807) is 0 Å². The number of hydrogen-bond donors (Lipinski definition) is 2. The Bertz CT molecular complexity index is 827. The number of rotatable bonds is 4. The molecule has 2 aliphatic rings. The van der Waals surface area contributed by atoms with Crippen LogP contribution in [-0.4, -0.2) is 11.9 Å². The van der Waals surface area contributed by atoms with E-state index in [2.05, 4.69) is 66.1 Å². The van der Waals surface area contributed by atoms with Gasteiger partial charge in [-0.05, 0) is 42.9 Å². The minimum absolute atomic E-state index is 0.0101. The normalized spacial score (nSPS) is 24.3. The van der Waals surface area contributed by atoms with Gasteiger partial charge in [0.15, 0.2) is 0 Å². The van der Waals surface area contributed by atoms with E-state index in [4.69, 9.17) is 0 Å². The Labute approximate surface area is 155 Å². The Morgan fingerprint density at radius 2 is 2.00 bits per heavy atom. The number of carbonyl (C=O) groups excluding carboxylic acids is 1. The maximum atomic E-state index is 12.9. The number of nitrogens with one attached hydrogen (secondary N) is 2. The molecule has 26 heavy (non-hydrogen) atoms. The topological polar surface area (TPSA) is 41.1 Å². The van der Waals surface area contributed by atoms with Gasteiger partial charge in [0.25, 0.3) is 5.91 Å². The van der Waals surface area contributed by atoms with Crippen LogP contribution in [0.15, 0.2) is 60.7 Å². The lowest BCUT2D eigenvalue weighted by Gasteiger charge is -2.38. The summed E-state index contributed by atoms with van der Waals surface area (Å²) in [6.07, 6.45) is 6.60. The van der Waals surface area contributed by atoms with Crippen molar-refractivity contribution in [2.24, 2.45) is 5.92 Å². The molecule has 1 heterocycles. The van der Waals surface area contributed by atoms with Crippen molar-refractivity contribution in [3.05, 3.63) is 77.4 Å². The lowest BCUT2D eigenvalue weighted by Crippen LogP contribution is -2.35. The van der Waals surface area contributed by atoms with Gasteiger partial charge in [0.05, 0.1) is 17.3 Å². The molecule has 4 unspecified atom stereocenters. The van der Waals surface area contributed by atoms with Crippen LogP contribution in [0, 0.1) is 5.92 Å². The number of carbonyl (C=O) groups is 1. The van der Waals surface area contributed by atoms with Crippen LogP contribution < -0.4 is 10.6 Å². The molecule has 2 aromatic rings. The first-order chi connectivity index (χ1) is 12.7. The summed E-state index contributed by atoms with van der Waals surface area (Å²) in [6, 6.07) is 17.1. The zero-order valence-electron chi connectivity index (χ0n) is 15.4. The lowest BCUT2D eigenvalue weighted by atomic mass is 9.76. The summed E-state index contributed by atoms with van der Waals surface area (Å²) in [6.45, 7) is 4.13. The molecule has 0 radical (unpaired) electrons. The number of hydrogen-bond acceptors (Lipinski definition) is 2. The first-order valence-electron chi connectivity index (χ1n) is 9.61. The van der Waals surface area contributed by atoms with Crippen molar-refractivity contribution >= 4 is 11.6 Å². The van der Waals surface area contributed by atoms with Crippen LogP contribution in [0.5, 0.6) is 0 Å². The molecular formula is C23H26N2O. The summed E-state index contributed by atoms with van der Waals surface area (Å²) >= 11 is 0. The number of benzene rings is 2. The van der Waals surface area contributed by atoms with E-state index in [0.29, 0.717) is 11.8 Å². The van der Waals surface area contributed by atoms with Gasteiger partial charge in [0.1, 0.15) is 0 Å². The molecule has 0 aromatic heterocycles. The Kier molecular flexibility index (Phi) is 4.54. The average molecular weight is 346 g/mol. The molecule has 1 amide bonds. The highest BCUT2D eigenvalue weighted by Gasteiger charge is 2.39. The molecule has 134 valence electrons. The van der Waals surface area contributed by atoms with Crippen LogP contribution in [0.2, 0.25) is 0 Å². The number of amides is 1. The maximum Gasteiger partial charge on any atom is 0.253 e. The second-order valence-corrected chi connectivity index (χ2v) is 7.44. The Morgan fingerprint density at radius 1 is 1.19 bits per heavy atom. The van der Waals surface area contributed by atoms with Crippen LogP contribution >= 0.6 is 0 Å². The molecule has 1 aliphatic carbocycles. The number of fused-ring (bicyclic) bond motifs is 3. The summed E-state index contributed by atoms with van der Waals surface area (Å²) in [5.74, 6) is 0.876. The maximum absolute atomic E-state index is 12.9. The van der Waals surface area contributed by atoms with E-state index in [9.17, 15) is 4.79 Å². The second-order valence-electron chi connectivity index (χ2n) is 7.44. The van der Waals surface area contributed by atoms with E-state index < -0.39 is 0 Å². The van der Waals surface area contributed by atoms with Crippen LogP contribution in [0.4, 0.5) is 5.69 Å². The third-order valence-corrected chi connectivity index (χ3v) is 5.79. The van der Waals surface area contributed by atoms with E-state index >= 15 is 0 Å². The fourth-order valence-corrected chi connectivity index (χ4v) is 4.20. The highest BCUT2D eigenvalue weighted by Crippen LogP contribution is 2.50. The molecule has 0 spiro atoms. The molecule has 0 fully saturated rings. The van der Waals surface area contributed by atoms with Gasteiger partial charge < -0.3 is 10.6 Å². The summed E-state index contributed by atoms with van der Waals surface area (Å²) in [4.78, 5) is 12.9. The molecule has 4 atom stereocenters. The van der Waals surface area contributed by atoms with Crippen LogP contribution in [0.3, 0.4) is 0 Å². The first-order valence-corrected chi connectivity index (χ1v) is 9.61. The molecule has 0 saturated carbocycles. The van der Waals surface area contributed by atoms with Crippen molar-refractivity contribution in [2.45, 2.75) is 44.7 Å². The SMILES string of the molecule is CCC(C)NC(=O)c1cccc2c1NC(c1ccccc1)C1CC=CC21. The van der Waals surface area contributed by atoms with Crippen molar-refractivity contribution in [3.8, 4) is 0 Å². The highest BCUT2D eigenvalue weighted by atomic mass is 16.1. The summed E-state index contributed by atoms with van der Waals surface area (Å²) in [5.41, 5.74) is 4.28. The third kappa shape index (κ3) is 2.92. The van der Waals surface area contributed by atoms with Crippen LogP contribution in [-0.2, 0) is 0 Å². The van der Waals surface area contributed by atoms with Crippen LogP contribution in [0.25, 0.3) is 0 Å². The monoisotopic (exact) mass is 346 g/mol. The van der Waals surface area contributed by atoms with E-state index in [-0.39, 0.29) is 18.0 Å². The fraction of sp³-hybridized carbons (Fsp3) is 0.348. The Hall–Kier alpha value is -2.55. The first kappa shape index (κ1) is 16.9. The average Bonchev–Trinajstić information content (AvgIpc) is 3.17. The number of anilines is 1. The second kappa shape index (κ2) is 6.99. The fourth-order valence-electron chi connectivity index (χ4n) is 4.20. The van der Waals surface area contributed by atoms with Gasteiger partial charge in [-0.3, -0.25) is 4.79 Å². The van der Waals surface area contributed by atoms with Crippen molar-refractivity contribution in [1.82, 2.24) is 5.32 Å². The molecule has 3 nitrogen and oxygen atoms in total. The predicted molar refractivity (Wildman–Crippen MR) is 106 cm³/mol. The van der Waals surface area contributed by atoms with Gasteiger partial charge in [0.2, 0.25) is 0 Å². The van der Waals surface area contributed by atoms with E-state index in [1.165, 1.54) is 11.1 Å². The Balaban J connectivity index is 1.75. The molecule has 3 heteroatoms. The van der Waals surface area contributed by atoms with Crippen molar-refractivity contribution in [2.75, 3.05) is 5.32 Å². The van der Waals surface area contributed by atoms with Gasteiger partial charge in [-0.1, -0.05) is 61.5 Å². The predicted octanol–water partition coefficient (Wildman–Crippen LogP) is 5.04. The molecule has 2 N–H and O–H groups in total. The molecule has 4 rings (SSSR count). The van der Waals surface area contributed by atoms with E-state index in [0.717, 1.165) is 24.1 Å². The number of allylic oxidation sites excluding steroid dienone is 2. The molecule has 0 saturated heterocycles. The smallest absolute Gasteiger partial charge is 0.253 e. The van der Waals surface area contributed by atoms with Crippen LogP contribution in [0.1, 0.15) is 60.1 Å². The summed E-state index contributed by atoms with van der Waals surface area (Å²) < 4.78 is 0. The summed E-state index contributed by atoms with van der Waals surface area (Å²) in [5, 5.41) is 6.84. The molecule has 0 bridgehead atoms. The van der Waals surface area contributed by atoms with E-state index in [1.807, 2.05) is 19.1 Å². The minimum Gasteiger partial charge on any atom is -0.377 e. The molecular weight excluding hydrogens is 320 g/mol. The minimum atomic E-state index is 0.0101. The van der Waals surface area contributed by atoms with Crippen molar-refractivity contribution < 1.29 is 4.79 Å². The zero-order chi connectivity index (χ0) is 18.1. The van der Waals surface area contributed by atoms with Crippen molar-refractivity contribution in [3.63, 3.8) is 0 Å². The Morgan fingerprint density at radius 3 is 2.77 bits per heavy atom. The molecule has 2 aromatic carbocycles. The van der Waals surface area contributed by atoms with Gasteiger partial charge in [-0.2, -0.15) is 0 Å². The molecule has 1 aliphatic heterocycles. The zero-order valence-corrected chi connectivity index (χ0v) is 15.4. The highest BCUT2D eigenvalue weighted by molar-refractivity contribution is 6.01. The lowest BCUT2D eigenvalue weighted by molar-refractivity contribution is 0.0939.